The van der Waals surface area contributed by atoms with Crippen molar-refractivity contribution in [2.45, 2.75) is 6.42 Å². The molecule has 1 unspecified atom stereocenters. The van der Waals surface area contributed by atoms with Gasteiger partial charge >= 0.3 is 5.97 Å². The molecule has 2 heterocycles. The molecule has 5 nitrogen and oxygen atoms in total. The fourth-order valence-corrected chi connectivity index (χ4v) is 2.07. The van der Waals surface area contributed by atoms with Gasteiger partial charge in [-0.25, -0.2) is 4.98 Å². The van der Waals surface area contributed by atoms with Gasteiger partial charge in [-0.3, -0.25) is 9.59 Å². The Labute approximate surface area is 103 Å². The van der Waals surface area contributed by atoms with Gasteiger partial charge in [-0.05, 0) is 12.1 Å². The lowest BCUT2D eigenvalue weighted by atomic mass is 10.1. The molecular formula is C11H11ClN2O3. The van der Waals surface area contributed by atoms with Gasteiger partial charge < -0.3 is 9.64 Å². The molecule has 2 rings (SSSR count). The number of pyridine rings is 1. The number of amides is 1. The Morgan fingerprint density at radius 2 is 2.41 bits per heavy atom. The van der Waals surface area contributed by atoms with Crippen LogP contribution in [0.2, 0.25) is 5.15 Å². The van der Waals surface area contributed by atoms with E-state index in [1.807, 2.05) is 0 Å². The second-order valence-electron chi connectivity index (χ2n) is 3.74. The van der Waals surface area contributed by atoms with Crippen LogP contribution in [-0.2, 0) is 14.3 Å². The average molecular weight is 255 g/mol. The van der Waals surface area contributed by atoms with Crippen LogP contribution in [0.25, 0.3) is 0 Å². The topological polar surface area (TPSA) is 59.5 Å². The van der Waals surface area contributed by atoms with Crippen LogP contribution in [0, 0.1) is 5.92 Å². The third-order valence-corrected chi connectivity index (χ3v) is 2.98. The van der Waals surface area contributed by atoms with E-state index in [0.717, 1.165) is 0 Å². The zero-order valence-electron chi connectivity index (χ0n) is 9.22. The van der Waals surface area contributed by atoms with Gasteiger partial charge in [0, 0.05) is 19.2 Å². The van der Waals surface area contributed by atoms with E-state index < -0.39 is 5.92 Å². The highest BCUT2D eigenvalue weighted by molar-refractivity contribution is 6.32. The summed E-state index contributed by atoms with van der Waals surface area (Å²) >= 11 is 5.91. The summed E-state index contributed by atoms with van der Waals surface area (Å²) in [7, 11) is 1.31. The Kier molecular flexibility index (Phi) is 3.28. The summed E-state index contributed by atoms with van der Waals surface area (Å²) < 4.78 is 4.63. The van der Waals surface area contributed by atoms with E-state index in [4.69, 9.17) is 11.6 Å². The number of esters is 1. The highest BCUT2D eigenvalue weighted by Crippen LogP contribution is 2.29. The van der Waals surface area contributed by atoms with E-state index in [9.17, 15) is 9.59 Å². The number of hydrogen-bond acceptors (Lipinski definition) is 4. The number of anilines is 1. The van der Waals surface area contributed by atoms with E-state index in [1.165, 1.54) is 12.0 Å². The molecule has 1 saturated heterocycles. The van der Waals surface area contributed by atoms with Crippen LogP contribution >= 0.6 is 11.6 Å². The highest BCUT2D eigenvalue weighted by Gasteiger charge is 2.36. The Morgan fingerprint density at radius 1 is 1.65 bits per heavy atom. The summed E-state index contributed by atoms with van der Waals surface area (Å²) in [6.07, 6.45) is 1.70. The van der Waals surface area contributed by atoms with Crippen molar-refractivity contribution in [1.29, 1.82) is 0 Å². The van der Waals surface area contributed by atoms with Gasteiger partial charge in [-0.15, -0.1) is 0 Å². The average Bonchev–Trinajstić information content (AvgIpc) is 2.71. The molecule has 90 valence electrons. The van der Waals surface area contributed by atoms with Crippen LogP contribution in [0.15, 0.2) is 18.3 Å². The van der Waals surface area contributed by atoms with Crippen molar-refractivity contribution in [2.24, 2.45) is 5.92 Å². The van der Waals surface area contributed by atoms with Crippen LogP contribution in [0.3, 0.4) is 0 Å². The number of ether oxygens (including phenoxy) is 1. The molecule has 1 fully saturated rings. The molecule has 17 heavy (non-hydrogen) atoms. The Hall–Kier alpha value is -1.62. The Morgan fingerprint density at radius 3 is 3.06 bits per heavy atom. The first-order chi connectivity index (χ1) is 8.13. The van der Waals surface area contributed by atoms with Crippen LogP contribution in [0.5, 0.6) is 0 Å². The first-order valence-corrected chi connectivity index (χ1v) is 5.50. The molecule has 1 aliphatic heterocycles. The predicted octanol–water partition coefficient (Wildman–Crippen LogP) is 1.26. The van der Waals surface area contributed by atoms with Crippen LogP contribution < -0.4 is 4.90 Å². The smallest absolute Gasteiger partial charge is 0.311 e. The summed E-state index contributed by atoms with van der Waals surface area (Å²) in [6.45, 7) is 0.289. The number of nitrogens with zero attached hydrogens (tertiary/aromatic N) is 2. The molecule has 0 aromatic carbocycles. The summed E-state index contributed by atoms with van der Waals surface area (Å²) in [5, 5.41) is 0.256. The molecule has 1 aliphatic rings. The number of halogens is 1. The zero-order valence-corrected chi connectivity index (χ0v) is 9.98. The minimum atomic E-state index is -0.427. The lowest BCUT2D eigenvalue weighted by Crippen LogP contribution is -2.26. The van der Waals surface area contributed by atoms with E-state index in [0.29, 0.717) is 5.69 Å². The van der Waals surface area contributed by atoms with Crippen molar-refractivity contribution in [2.75, 3.05) is 18.6 Å². The summed E-state index contributed by atoms with van der Waals surface area (Å²) in [6, 6.07) is 3.40. The third-order valence-electron chi connectivity index (χ3n) is 2.69. The molecule has 0 N–H and O–H groups in total. The third kappa shape index (κ3) is 2.24. The molecule has 0 spiro atoms. The standard InChI is InChI=1S/C11H11ClN2O3/c1-17-11(16)7-5-9(15)14(6-7)8-3-2-4-13-10(8)12/h2-4,7H,5-6H2,1H3. The predicted molar refractivity (Wildman–Crippen MR) is 61.7 cm³/mol. The fraction of sp³-hybridized carbons (Fsp3) is 0.364. The summed E-state index contributed by atoms with van der Waals surface area (Å²) in [5.41, 5.74) is 0.533. The molecule has 0 bridgehead atoms. The van der Waals surface area contributed by atoms with E-state index in [-0.39, 0.29) is 30.0 Å². The number of rotatable bonds is 2. The monoisotopic (exact) mass is 254 g/mol. The molecular weight excluding hydrogens is 244 g/mol. The first-order valence-electron chi connectivity index (χ1n) is 5.12. The van der Waals surface area contributed by atoms with Gasteiger partial charge in [0.25, 0.3) is 0 Å². The van der Waals surface area contributed by atoms with E-state index >= 15 is 0 Å². The van der Waals surface area contributed by atoms with Crippen molar-refractivity contribution < 1.29 is 14.3 Å². The fourth-order valence-electron chi connectivity index (χ4n) is 1.84. The summed E-state index contributed by atoms with van der Waals surface area (Å²) in [4.78, 5) is 28.5. The van der Waals surface area contributed by atoms with Gasteiger partial charge in [0.1, 0.15) is 0 Å². The molecule has 0 aliphatic carbocycles. The van der Waals surface area contributed by atoms with Crippen molar-refractivity contribution in [3.63, 3.8) is 0 Å². The minimum absolute atomic E-state index is 0.143. The summed E-state index contributed by atoms with van der Waals surface area (Å²) in [5.74, 6) is -0.945. The normalized spacial score (nSPS) is 19.5. The molecule has 6 heteroatoms. The molecule has 1 atom stereocenters. The second-order valence-corrected chi connectivity index (χ2v) is 4.10. The van der Waals surface area contributed by atoms with Crippen molar-refractivity contribution >= 4 is 29.2 Å². The van der Waals surface area contributed by atoms with Crippen LogP contribution in [0.4, 0.5) is 5.69 Å². The number of carbonyl (C=O) groups excluding carboxylic acids is 2. The van der Waals surface area contributed by atoms with Crippen LogP contribution in [0.1, 0.15) is 6.42 Å². The first kappa shape index (κ1) is 11.9. The maximum atomic E-state index is 11.8. The number of hydrogen-bond donors (Lipinski definition) is 0. The van der Waals surface area contributed by atoms with Gasteiger partial charge in [-0.2, -0.15) is 0 Å². The maximum Gasteiger partial charge on any atom is 0.311 e. The number of aromatic nitrogens is 1. The second kappa shape index (κ2) is 4.71. The molecule has 0 radical (unpaired) electrons. The van der Waals surface area contributed by atoms with Crippen molar-refractivity contribution in [1.82, 2.24) is 4.98 Å². The van der Waals surface area contributed by atoms with E-state index in [1.54, 1.807) is 18.3 Å². The number of carbonyl (C=O) groups is 2. The Balaban J connectivity index is 2.22. The molecule has 0 saturated carbocycles. The zero-order chi connectivity index (χ0) is 12.4. The molecule has 1 aromatic rings. The van der Waals surface area contributed by atoms with Gasteiger partial charge in [0.05, 0.1) is 18.7 Å². The Bertz CT molecular complexity index is 464. The number of methoxy groups -OCH3 is 1. The van der Waals surface area contributed by atoms with Gasteiger partial charge in [-0.1, -0.05) is 11.6 Å². The lowest BCUT2D eigenvalue weighted by Gasteiger charge is -2.16. The van der Waals surface area contributed by atoms with Gasteiger partial charge in [0.2, 0.25) is 5.91 Å². The molecule has 1 amide bonds. The van der Waals surface area contributed by atoms with E-state index in [2.05, 4.69) is 9.72 Å². The maximum absolute atomic E-state index is 11.8. The molecule has 1 aromatic heterocycles. The SMILES string of the molecule is COC(=O)C1CC(=O)N(c2cccnc2Cl)C1. The van der Waals surface area contributed by atoms with Crippen molar-refractivity contribution in [3.8, 4) is 0 Å². The highest BCUT2D eigenvalue weighted by atomic mass is 35.5. The quantitative estimate of drug-likeness (QED) is 0.589. The lowest BCUT2D eigenvalue weighted by molar-refractivity contribution is -0.145. The van der Waals surface area contributed by atoms with Crippen LogP contribution in [-0.4, -0.2) is 30.5 Å². The largest absolute Gasteiger partial charge is 0.469 e. The van der Waals surface area contributed by atoms with Crippen molar-refractivity contribution in [3.05, 3.63) is 23.5 Å². The minimum Gasteiger partial charge on any atom is -0.469 e. The van der Waals surface area contributed by atoms with Gasteiger partial charge in [0.15, 0.2) is 5.15 Å².